The first-order valence-electron chi connectivity index (χ1n) is 11.5. The highest BCUT2D eigenvalue weighted by atomic mass is 16.7. The second-order valence-electron chi connectivity index (χ2n) is 9.13. The molecule has 0 fully saturated rings. The molecule has 0 radical (unpaired) electrons. The van der Waals surface area contributed by atoms with Crippen LogP contribution in [-0.2, 0) is 17.8 Å². The van der Waals surface area contributed by atoms with E-state index in [0.29, 0.717) is 28.9 Å². The number of ether oxygens (including phenoxy) is 2. The van der Waals surface area contributed by atoms with Crippen LogP contribution < -0.4 is 25.5 Å². The van der Waals surface area contributed by atoms with Crippen LogP contribution >= 0.6 is 0 Å². The molecule has 184 valence electrons. The molecular weight excluding hydrogens is 450 g/mol. The van der Waals surface area contributed by atoms with Crippen molar-refractivity contribution in [3.8, 4) is 11.5 Å². The van der Waals surface area contributed by atoms with Gasteiger partial charge in [0.2, 0.25) is 18.1 Å². The molecule has 2 heterocycles. The number of amides is 2. The number of nitrogens with zero attached hydrogens (tertiary/aromatic N) is 1. The van der Waals surface area contributed by atoms with Crippen molar-refractivity contribution in [1.82, 2.24) is 15.2 Å². The topological polar surface area (TPSA) is 119 Å². The summed E-state index contributed by atoms with van der Waals surface area (Å²) in [5.74, 6) is -0.124. The SMILES string of the molecule is CCn1cc(C(=O)N[C@@H](Cc2ccccc2)C(=O)NC(C)(C)CO)c(=O)c2cc3c(cc21)OCO3. The molecule has 1 atom stereocenters. The number of rotatable bonds is 8. The van der Waals surface area contributed by atoms with Gasteiger partial charge in [-0.25, -0.2) is 0 Å². The first kappa shape index (κ1) is 24.3. The van der Waals surface area contributed by atoms with Gasteiger partial charge in [-0.05, 0) is 32.4 Å². The zero-order valence-electron chi connectivity index (χ0n) is 20.0. The molecular formula is C26H29N3O6. The minimum absolute atomic E-state index is 0.0692. The predicted octanol–water partition coefficient (Wildman–Crippen LogP) is 1.98. The Labute approximate surface area is 202 Å². The molecule has 0 saturated carbocycles. The number of aryl methyl sites for hydroxylation is 1. The van der Waals surface area contributed by atoms with Crippen LogP contribution in [0.3, 0.4) is 0 Å². The van der Waals surface area contributed by atoms with E-state index in [1.54, 1.807) is 30.5 Å². The molecule has 2 aromatic carbocycles. The van der Waals surface area contributed by atoms with E-state index in [9.17, 15) is 19.5 Å². The van der Waals surface area contributed by atoms with Gasteiger partial charge in [0, 0.05) is 25.2 Å². The van der Waals surface area contributed by atoms with Crippen LogP contribution in [0.5, 0.6) is 11.5 Å². The summed E-state index contributed by atoms with van der Waals surface area (Å²) in [6.45, 7) is 5.57. The first-order valence-corrected chi connectivity index (χ1v) is 11.5. The van der Waals surface area contributed by atoms with Gasteiger partial charge in [0.05, 0.1) is 23.0 Å². The summed E-state index contributed by atoms with van der Waals surface area (Å²) >= 11 is 0. The fraction of sp³-hybridized carbons (Fsp3) is 0.346. The maximum absolute atomic E-state index is 13.3. The van der Waals surface area contributed by atoms with Crippen LogP contribution in [0, 0.1) is 0 Å². The zero-order valence-corrected chi connectivity index (χ0v) is 20.0. The highest BCUT2D eigenvalue weighted by molar-refractivity contribution is 6.00. The molecule has 35 heavy (non-hydrogen) atoms. The summed E-state index contributed by atoms with van der Waals surface area (Å²) in [6.07, 6.45) is 1.71. The van der Waals surface area contributed by atoms with Gasteiger partial charge in [-0.2, -0.15) is 0 Å². The molecule has 0 bridgehead atoms. The molecule has 2 amide bonds. The molecule has 3 aromatic rings. The number of hydrogen-bond donors (Lipinski definition) is 3. The Kier molecular flexibility index (Phi) is 6.79. The van der Waals surface area contributed by atoms with Crippen molar-refractivity contribution in [2.75, 3.05) is 13.4 Å². The van der Waals surface area contributed by atoms with Crippen LogP contribution in [-0.4, -0.2) is 46.5 Å². The van der Waals surface area contributed by atoms with E-state index in [4.69, 9.17) is 9.47 Å². The maximum Gasteiger partial charge on any atom is 0.257 e. The fourth-order valence-corrected chi connectivity index (χ4v) is 3.96. The number of carbonyl (C=O) groups is 2. The molecule has 1 aliphatic heterocycles. The monoisotopic (exact) mass is 479 g/mol. The largest absolute Gasteiger partial charge is 0.454 e. The van der Waals surface area contributed by atoms with E-state index < -0.39 is 28.8 Å². The van der Waals surface area contributed by atoms with E-state index in [1.807, 2.05) is 37.3 Å². The summed E-state index contributed by atoms with van der Waals surface area (Å²) < 4.78 is 12.6. The summed E-state index contributed by atoms with van der Waals surface area (Å²) in [6, 6.07) is 11.6. The van der Waals surface area contributed by atoms with Crippen LogP contribution in [0.1, 0.15) is 36.7 Å². The van der Waals surface area contributed by atoms with Gasteiger partial charge >= 0.3 is 0 Å². The lowest BCUT2D eigenvalue weighted by Crippen LogP contribution is -2.55. The van der Waals surface area contributed by atoms with Crippen molar-refractivity contribution < 1.29 is 24.2 Å². The fourth-order valence-electron chi connectivity index (χ4n) is 3.96. The lowest BCUT2D eigenvalue weighted by molar-refractivity contribution is -0.125. The number of fused-ring (bicyclic) bond motifs is 2. The van der Waals surface area contributed by atoms with E-state index >= 15 is 0 Å². The quantitative estimate of drug-likeness (QED) is 0.455. The summed E-state index contributed by atoms with van der Waals surface area (Å²) in [7, 11) is 0. The minimum atomic E-state index is -0.961. The number of pyridine rings is 1. The van der Waals surface area contributed by atoms with Gasteiger partial charge < -0.3 is 29.8 Å². The average molecular weight is 480 g/mol. The molecule has 0 saturated heterocycles. The average Bonchev–Trinajstić information content (AvgIpc) is 3.31. The number of benzene rings is 2. The number of aromatic nitrogens is 1. The number of nitrogens with one attached hydrogen (secondary N) is 2. The minimum Gasteiger partial charge on any atom is -0.454 e. The van der Waals surface area contributed by atoms with Crippen LogP contribution in [0.2, 0.25) is 0 Å². The Morgan fingerprint density at radius 1 is 1.14 bits per heavy atom. The molecule has 1 aliphatic rings. The lowest BCUT2D eigenvalue weighted by atomic mass is 10.0. The Bertz CT molecular complexity index is 1320. The number of hydrogen-bond acceptors (Lipinski definition) is 6. The summed E-state index contributed by atoms with van der Waals surface area (Å²) in [4.78, 5) is 39.7. The van der Waals surface area contributed by atoms with E-state index in [1.165, 1.54) is 6.20 Å². The highest BCUT2D eigenvalue weighted by Crippen LogP contribution is 2.35. The Hall–Kier alpha value is -3.85. The van der Waals surface area contributed by atoms with Crippen LogP contribution in [0.15, 0.2) is 53.5 Å². The lowest BCUT2D eigenvalue weighted by Gasteiger charge is -2.27. The molecule has 0 aliphatic carbocycles. The van der Waals surface area contributed by atoms with Crippen molar-refractivity contribution in [3.63, 3.8) is 0 Å². The van der Waals surface area contributed by atoms with E-state index in [0.717, 1.165) is 5.56 Å². The van der Waals surface area contributed by atoms with Crippen molar-refractivity contribution in [1.29, 1.82) is 0 Å². The molecule has 0 spiro atoms. The molecule has 9 heteroatoms. The molecule has 0 unspecified atom stereocenters. The Morgan fingerprint density at radius 2 is 1.83 bits per heavy atom. The Balaban J connectivity index is 1.69. The van der Waals surface area contributed by atoms with Gasteiger partial charge in [-0.15, -0.1) is 0 Å². The first-order chi connectivity index (χ1) is 16.7. The number of carbonyl (C=O) groups excluding carboxylic acids is 2. The smallest absolute Gasteiger partial charge is 0.257 e. The highest BCUT2D eigenvalue weighted by Gasteiger charge is 2.28. The predicted molar refractivity (Wildman–Crippen MR) is 131 cm³/mol. The summed E-state index contributed by atoms with van der Waals surface area (Å²) in [5, 5.41) is 15.4. The third kappa shape index (κ3) is 5.14. The van der Waals surface area contributed by atoms with Gasteiger partial charge in [0.1, 0.15) is 11.6 Å². The van der Waals surface area contributed by atoms with Gasteiger partial charge in [0.25, 0.3) is 5.91 Å². The van der Waals surface area contributed by atoms with Crippen LogP contribution in [0.25, 0.3) is 10.9 Å². The van der Waals surface area contributed by atoms with Gasteiger partial charge in [0.15, 0.2) is 11.5 Å². The van der Waals surface area contributed by atoms with Crippen molar-refractivity contribution in [3.05, 3.63) is 70.0 Å². The standard InChI is InChI=1S/C26H29N3O6/c1-4-29-13-18(23(31)17-11-21-22(12-20(17)29)35-15-34-21)24(32)27-19(10-16-8-6-5-7-9-16)25(33)28-26(2,3)14-30/h5-9,11-13,19,30H,4,10,14-15H2,1-3H3,(H,27,32)(H,28,33)/t19-/m0/s1. The maximum atomic E-state index is 13.3. The van der Waals surface area contributed by atoms with Crippen molar-refractivity contribution >= 4 is 22.7 Å². The molecule has 4 rings (SSSR count). The second kappa shape index (κ2) is 9.79. The molecule has 3 N–H and O–H groups in total. The Morgan fingerprint density at radius 3 is 2.49 bits per heavy atom. The second-order valence-corrected chi connectivity index (χ2v) is 9.13. The van der Waals surface area contributed by atoms with Gasteiger partial charge in [-0.3, -0.25) is 14.4 Å². The van der Waals surface area contributed by atoms with Crippen molar-refractivity contribution in [2.45, 2.75) is 45.3 Å². The normalized spacial score (nSPS) is 13.5. The van der Waals surface area contributed by atoms with Crippen molar-refractivity contribution in [2.24, 2.45) is 0 Å². The van der Waals surface area contributed by atoms with Gasteiger partial charge in [-0.1, -0.05) is 30.3 Å². The van der Waals surface area contributed by atoms with E-state index in [2.05, 4.69) is 10.6 Å². The number of aliphatic hydroxyl groups is 1. The zero-order chi connectivity index (χ0) is 25.2. The molecule has 1 aromatic heterocycles. The van der Waals surface area contributed by atoms with Crippen LogP contribution in [0.4, 0.5) is 0 Å². The third-order valence-electron chi connectivity index (χ3n) is 5.92. The number of aliphatic hydroxyl groups excluding tert-OH is 1. The molecule has 9 nitrogen and oxygen atoms in total. The third-order valence-corrected chi connectivity index (χ3v) is 5.92. The summed E-state index contributed by atoms with van der Waals surface area (Å²) in [5.41, 5.74) is 0.0472. The van der Waals surface area contributed by atoms with E-state index in [-0.39, 0.29) is 25.4 Å².